The number of fused-ring (bicyclic) bond motifs is 5. The van der Waals surface area contributed by atoms with Crippen LogP contribution in [0.5, 0.6) is 0 Å². The third-order valence-electron chi connectivity index (χ3n) is 14.3. The Balaban J connectivity index is 1.23. The van der Waals surface area contributed by atoms with Gasteiger partial charge in [-0.2, -0.15) is 0 Å². The van der Waals surface area contributed by atoms with Crippen LogP contribution in [0.2, 0.25) is 0 Å². The van der Waals surface area contributed by atoms with Crippen molar-refractivity contribution in [1.82, 2.24) is 15.1 Å². The molecule has 0 saturated carbocycles. The van der Waals surface area contributed by atoms with Crippen molar-refractivity contribution in [2.24, 2.45) is 33.8 Å². The number of hydrogen-bond donors (Lipinski definition) is 2. The second-order valence-corrected chi connectivity index (χ2v) is 19.2. The summed E-state index contributed by atoms with van der Waals surface area (Å²) in [6.45, 7) is 16.1. The summed E-state index contributed by atoms with van der Waals surface area (Å²) in [4.78, 5) is 55.8. The zero-order valence-corrected chi connectivity index (χ0v) is 39.2. The number of benzene rings is 2. The topological polar surface area (TPSA) is 179 Å². The number of esters is 1. The molecule has 5 aliphatic heterocycles. The third kappa shape index (κ3) is 9.68. The van der Waals surface area contributed by atoms with Crippen LogP contribution in [-0.4, -0.2) is 151 Å². The molecule has 352 valence electrons. The minimum absolute atomic E-state index is 0.0689. The van der Waals surface area contributed by atoms with Crippen LogP contribution in [0.1, 0.15) is 80.2 Å². The van der Waals surface area contributed by atoms with Gasteiger partial charge in [0, 0.05) is 36.7 Å². The van der Waals surface area contributed by atoms with Crippen molar-refractivity contribution < 1.29 is 52.7 Å². The normalized spacial score (nSPS) is 38.0. The predicted octanol–water partition coefficient (Wildman–Crippen LogP) is 5.12. The van der Waals surface area contributed by atoms with Gasteiger partial charge >= 0.3 is 12.1 Å². The predicted molar refractivity (Wildman–Crippen MR) is 240 cm³/mol. The quantitative estimate of drug-likeness (QED) is 0.251. The lowest BCUT2D eigenvalue weighted by molar-refractivity contribution is -0.302. The summed E-state index contributed by atoms with van der Waals surface area (Å²) in [6.07, 6.45) is -3.78. The monoisotopic (exact) mass is 891 g/mol. The van der Waals surface area contributed by atoms with E-state index < -0.39 is 71.8 Å². The highest BCUT2D eigenvalue weighted by Crippen LogP contribution is 2.45. The number of amides is 2. The molecule has 0 aromatic heterocycles. The van der Waals surface area contributed by atoms with E-state index in [0.29, 0.717) is 44.6 Å². The Hall–Kier alpha value is -4.19. The van der Waals surface area contributed by atoms with Crippen molar-refractivity contribution in [1.29, 1.82) is 0 Å². The lowest BCUT2D eigenvalue weighted by Gasteiger charge is -2.48. The number of cyclic esters (lactones) is 1. The molecule has 4 fully saturated rings. The highest BCUT2D eigenvalue weighted by molar-refractivity contribution is 5.91. The van der Waals surface area contributed by atoms with E-state index >= 15 is 0 Å². The summed E-state index contributed by atoms with van der Waals surface area (Å²) in [5.74, 6) is -2.82. The molecule has 0 spiro atoms. The number of ether oxygens (including phenoxy) is 6. The number of carbonyl (C=O) groups excluding carboxylic acids is 3. The van der Waals surface area contributed by atoms with Gasteiger partial charge in [-0.15, -0.1) is 0 Å². The summed E-state index contributed by atoms with van der Waals surface area (Å²) >= 11 is 0. The first kappa shape index (κ1) is 47.8. The maximum atomic E-state index is 14.6. The van der Waals surface area contributed by atoms with Gasteiger partial charge in [0.05, 0.1) is 55.6 Å². The molecule has 4 bridgehead atoms. The standard InChI is InChI=1S/C48H69N5O11/c1-11-37-48(8)42-29(4)39(49-19-20-53(42)46(57)64-48)27(2)22-47(7)43(63-45-40(55)36(52(9)10)21-28(3)61-45)30(5)41(31(6)44(56)62-37)58-24-34(25-59-47)51-60-26-38(54)50-23-33-17-14-16-32-15-12-13-18-35(32)33/h12-18,27-31,36-37,40-43,45,55H,11,19-26H2,1-10H3,(H,50,54)/t27-,28+,29+,30-,31-,36-,37+,40+,41+,42-,43+,45-,47-,48-/m1/s1. The van der Waals surface area contributed by atoms with Crippen molar-refractivity contribution >= 4 is 40.2 Å². The number of nitrogens with zero attached hydrogens (tertiary/aromatic N) is 4. The minimum atomic E-state index is -1.16. The summed E-state index contributed by atoms with van der Waals surface area (Å²) in [6, 6.07) is 13.3. The van der Waals surface area contributed by atoms with Gasteiger partial charge in [0.25, 0.3) is 5.91 Å². The zero-order chi connectivity index (χ0) is 46.1. The average molecular weight is 892 g/mol. The van der Waals surface area contributed by atoms with E-state index in [4.69, 9.17) is 38.3 Å². The van der Waals surface area contributed by atoms with Crippen LogP contribution >= 0.6 is 0 Å². The highest BCUT2D eigenvalue weighted by Gasteiger charge is 2.60. The third-order valence-corrected chi connectivity index (χ3v) is 14.3. The number of oxime groups is 1. The van der Waals surface area contributed by atoms with Crippen LogP contribution in [0.15, 0.2) is 52.6 Å². The Morgan fingerprint density at radius 3 is 2.55 bits per heavy atom. The second-order valence-electron chi connectivity index (χ2n) is 19.2. The average Bonchev–Trinajstić information content (AvgIpc) is 3.40. The number of aliphatic imine (C=N–C) groups is 1. The fourth-order valence-electron chi connectivity index (χ4n) is 11.1. The maximum Gasteiger partial charge on any atom is 0.410 e. The van der Waals surface area contributed by atoms with Crippen molar-refractivity contribution in [3.63, 3.8) is 0 Å². The number of hydrogen-bond acceptors (Lipinski definition) is 14. The molecule has 16 heteroatoms. The van der Waals surface area contributed by atoms with Crippen molar-refractivity contribution in [2.75, 3.05) is 47.0 Å². The molecule has 2 aromatic carbocycles. The molecule has 0 unspecified atom stereocenters. The highest BCUT2D eigenvalue weighted by atomic mass is 16.7. The maximum absolute atomic E-state index is 14.6. The SMILES string of the molecule is CC[C@@H]1OC(=O)[C@H](C)[C@H]2OCC(=NOCC(=O)NCc3cccc4ccccc34)CO[C@](C)(C[C@@H](C)C3=NCCN4C(=O)O[C@@]1(C)[C@H]4[C@H]3C)[C@@H](O[C@H]1O[C@@H](C)C[C@@H](N(C)C)[C@@H]1O)[C@@H]2C. The van der Waals surface area contributed by atoms with Crippen molar-refractivity contribution in [2.45, 2.75) is 141 Å². The molecule has 7 rings (SSSR count). The summed E-state index contributed by atoms with van der Waals surface area (Å²) in [5, 5.41) is 21.3. The molecular formula is C48H69N5O11. The molecule has 2 amide bonds. The van der Waals surface area contributed by atoms with Crippen molar-refractivity contribution in [3.8, 4) is 0 Å². The fraction of sp³-hybridized carbons (Fsp3) is 0.688. The first-order valence-electron chi connectivity index (χ1n) is 23.0. The van der Waals surface area contributed by atoms with Crippen LogP contribution in [0.3, 0.4) is 0 Å². The second kappa shape index (κ2) is 19.7. The van der Waals surface area contributed by atoms with Gasteiger partial charge in [0.2, 0.25) is 0 Å². The van der Waals surface area contributed by atoms with E-state index in [0.717, 1.165) is 22.0 Å². The molecule has 5 heterocycles. The van der Waals surface area contributed by atoms with E-state index in [2.05, 4.69) is 24.3 Å². The lowest BCUT2D eigenvalue weighted by Crippen LogP contribution is -2.60. The number of likely N-dealkylation sites (N-methyl/N-ethyl adjacent to an activating group) is 1. The number of nitrogens with one attached hydrogen (secondary N) is 1. The zero-order valence-electron chi connectivity index (χ0n) is 39.2. The molecule has 16 nitrogen and oxygen atoms in total. The Labute approximate surface area is 377 Å². The van der Waals surface area contributed by atoms with Crippen LogP contribution in [-0.2, 0) is 49.4 Å². The molecule has 5 aliphatic rings. The van der Waals surface area contributed by atoms with Crippen molar-refractivity contribution in [3.05, 3.63) is 48.0 Å². The summed E-state index contributed by atoms with van der Waals surface area (Å²) in [5.41, 5.74) is -0.0989. The Morgan fingerprint density at radius 2 is 1.80 bits per heavy atom. The molecule has 2 aromatic rings. The summed E-state index contributed by atoms with van der Waals surface area (Å²) < 4.78 is 39.8. The largest absolute Gasteiger partial charge is 0.458 e. The fourth-order valence-corrected chi connectivity index (χ4v) is 11.1. The van der Waals surface area contributed by atoms with Gasteiger partial charge in [-0.25, -0.2) is 4.79 Å². The van der Waals surface area contributed by atoms with Crippen LogP contribution in [0.4, 0.5) is 4.79 Å². The molecule has 14 atom stereocenters. The molecule has 0 aliphatic carbocycles. The van der Waals surface area contributed by atoms with Crippen LogP contribution in [0.25, 0.3) is 10.8 Å². The lowest BCUT2D eigenvalue weighted by atomic mass is 9.72. The van der Waals surface area contributed by atoms with E-state index in [1.165, 1.54) is 0 Å². The number of carbonyl (C=O) groups is 3. The van der Waals surface area contributed by atoms with Gasteiger partial charge in [0.15, 0.2) is 18.5 Å². The van der Waals surface area contributed by atoms with E-state index in [1.807, 2.05) is 96.1 Å². The molecule has 2 N–H and O–H groups in total. The first-order chi connectivity index (χ1) is 30.4. The van der Waals surface area contributed by atoms with E-state index in [9.17, 15) is 19.5 Å². The van der Waals surface area contributed by atoms with Gasteiger partial charge in [-0.05, 0) is 83.3 Å². The Morgan fingerprint density at radius 1 is 1.05 bits per heavy atom. The van der Waals surface area contributed by atoms with Gasteiger partial charge in [-0.3, -0.25) is 19.5 Å². The van der Waals surface area contributed by atoms with Gasteiger partial charge in [-0.1, -0.05) is 75.3 Å². The Bertz CT molecular complexity index is 2060. The van der Waals surface area contributed by atoms with E-state index in [1.54, 1.807) is 11.8 Å². The summed E-state index contributed by atoms with van der Waals surface area (Å²) in [7, 11) is 3.85. The number of aliphatic hydroxyl groups is 1. The van der Waals surface area contributed by atoms with Gasteiger partial charge in [0.1, 0.15) is 17.9 Å². The molecular weight excluding hydrogens is 823 g/mol. The molecule has 0 radical (unpaired) electrons. The van der Waals surface area contributed by atoms with Crippen LogP contribution < -0.4 is 5.32 Å². The number of rotatable bonds is 9. The number of aliphatic hydroxyl groups excluding tert-OH is 1. The van der Waals surface area contributed by atoms with Crippen LogP contribution in [0, 0.1) is 23.7 Å². The van der Waals surface area contributed by atoms with E-state index in [-0.39, 0.29) is 49.7 Å². The smallest absolute Gasteiger partial charge is 0.410 e. The Kier molecular flexibility index (Phi) is 14.7. The van der Waals surface area contributed by atoms with Gasteiger partial charge < -0.3 is 48.6 Å². The molecule has 64 heavy (non-hydrogen) atoms. The first-order valence-corrected chi connectivity index (χ1v) is 23.0. The minimum Gasteiger partial charge on any atom is -0.458 e. The molecule has 4 saturated heterocycles.